The van der Waals surface area contributed by atoms with E-state index < -0.39 is 31.0 Å². The van der Waals surface area contributed by atoms with Gasteiger partial charge in [0.1, 0.15) is 0 Å². The molecular formula is C15H27F3O3. The van der Waals surface area contributed by atoms with Gasteiger partial charge in [0, 0.05) is 6.92 Å². The van der Waals surface area contributed by atoms with E-state index in [1.54, 1.807) is 0 Å². The average molecular weight is 312 g/mol. The van der Waals surface area contributed by atoms with Crippen LogP contribution in [-0.4, -0.2) is 31.0 Å². The van der Waals surface area contributed by atoms with Crippen molar-refractivity contribution in [3.63, 3.8) is 0 Å². The fourth-order valence-electron chi connectivity index (χ4n) is 2.16. The Balaban J connectivity index is 5.20. The highest BCUT2D eigenvalue weighted by Crippen LogP contribution is 2.41. The molecule has 3 nitrogen and oxygen atoms in total. The maximum atomic E-state index is 14.5. The molecule has 0 N–H and O–H groups in total. The third kappa shape index (κ3) is 6.68. The van der Waals surface area contributed by atoms with E-state index in [0.29, 0.717) is 25.7 Å². The number of hydrogen-bond acceptors (Lipinski definition) is 3. The number of hydrogen-bond donors (Lipinski definition) is 0. The number of carbonyl (C=O) groups is 1. The Hall–Kier alpha value is -0.780. The normalized spacial score (nSPS) is 12.5. The number of carbonyl (C=O) groups excluding carboxylic acids is 1. The topological polar surface area (TPSA) is 35.5 Å². The monoisotopic (exact) mass is 312 g/mol. The van der Waals surface area contributed by atoms with Crippen LogP contribution < -0.4 is 0 Å². The van der Waals surface area contributed by atoms with Crippen molar-refractivity contribution >= 4 is 5.97 Å². The lowest BCUT2D eigenvalue weighted by Crippen LogP contribution is -2.53. The molecule has 0 aliphatic carbocycles. The minimum absolute atomic E-state index is 0.0334. The molecule has 21 heavy (non-hydrogen) atoms. The van der Waals surface area contributed by atoms with Crippen LogP contribution >= 0.6 is 0 Å². The van der Waals surface area contributed by atoms with Crippen molar-refractivity contribution in [3.8, 4) is 0 Å². The third-order valence-corrected chi connectivity index (χ3v) is 3.30. The lowest BCUT2D eigenvalue weighted by Gasteiger charge is -2.39. The van der Waals surface area contributed by atoms with Crippen molar-refractivity contribution in [2.24, 2.45) is 0 Å². The van der Waals surface area contributed by atoms with Gasteiger partial charge in [0.25, 0.3) is 0 Å². The standard InChI is InChI=1S/C15H27F3O3/c1-4-6-9-14(10-7-5-2,21-13(3)19)15(17,18)20-12-8-11-16/h4-12H2,1-3H3. The molecule has 0 atom stereocenters. The second-order valence-corrected chi connectivity index (χ2v) is 5.20. The molecule has 0 aromatic rings. The molecule has 0 unspecified atom stereocenters. The lowest BCUT2D eigenvalue weighted by molar-refractivity contribution is -0.336. The van der Waals surface area contributed by atoms with Gasteiger partial charge in [-0.2, -0.15) is 8.78 Å². The van der Waals surface area contributed by atoms with Crippen molar-refractivity contribution in [3.05, 3.63) is 0 Å². The number of alkyl halides is 3. The SMILES string of the molecule is CCCCC(CCCC)(OC(C)=O)C(F)(F)OCCCF. The summed E-state index contributed by atoms with van der Waals surface area (Å²) in [4.78, 5) is 11.3. The molecule has 0 aromatic heterocycles. The third-order valence-electron chi connectivity index (χ3n) is 3.30. The van der Waals surface area contributed by atoms with Crippen LogP contribution in [0.3, 0.4) is 0 Å². The smallest absolute Gasteiger partial charge is 0.395 e. The summed E-state index contributed by atoms with van der Waals surface area (Å²) in [6, 6.07) is 0. The van der Waals surface area contributed by atoms with Crippen LogP contribution in [0.1, 0.15) is 65.7 Å². The van der Waals surface area contributed by atoms with Gasteiger partial charge in [0.2, 0.25) is 5.60 Å². The fraction of sp³-hybridized carbons (Fsp3) is 0.933. The number of halogens is 3. The Morgan fingerprint density at radius 2 is 1.57 bits per heavy atom. The van der Waals surface area contributed by atoms with Gasteiger partial charge in [-0.1, -0.05) is 26.7 Å². The molecule has 0 aliphatic heterocycles. The zero-order valence-electron chi connectivity index (χ0n) is 13.2. The van der Waals surface area contributed by atoms with E-state index in [9.17, 15) is 18.0 Å². The summed E-state index contributed by atoms with van der Waals surface area (Å²) in [5, 5.41) is 0. The molecule has 0 rings (SSSR count). The van der Waals surface area contributed by atoms with Crippen molar-refractivity contribution in [1.82, 2.24) is 0 Å². The molecule has 0 saturated heterocycles. The molecular weight excluding hydrogens is 285 g/mol. The first-order chi connectivity index (χ1) is 9.85. The molecule has 6 heteroatoms. The van der Waals surface area contributed by atoms with Crippen molar-refractivity contribution in [2.75, 3.05) is 13.3 Å². The predicted molar refractivity (Wildman–Crippen MR) is 75.0 cm³/mol. The highest BCUT2D eigenvalue weighted by molar-refractivity contribution is 5.66. The van der Waals surface area contributed by atoms with Crippen molar-refractivity contribution in [1.29, 1.82) is 0 Å². The number of rotatable bonds is 12. The Morgan fingerprint density at radius 1 is 1.05 bits per heavy atom. The second kappa shape index (κ2) is 10.0. The van der Waals surface area contributed by atoms with E-state index in [-0.39, 0.29) is 19.3 Å². The predicted octanol–water partition coefficient (Wildman–Crippen LogP) is 4.64. The van der Waals surface area contributed by atoms with Gasteiger partial charge in [-0.3, -0.25) is 9.18 Å². The van der Waals surface area contributed by atoms with Crippen molar-refractivity contribution < 1.29 is 27.4 Å². The molecule has 0 heterocycles. The summed E-state index contributed by atoms with van der Waals surface area (Å²) in [5.41, 5.74) is -1.96. The van der Waals surface area contributed by atoms with Gasteiger partial charge in [-0.25, -0.2) is 0 Å². The minimum Gasteiger partial charge on any atom is -0.450 e. The van der Waals surface area contributed by atoms with E-state index in [1.807, 2.05) is 13.8 Å². The molecule has 0 fully saturated rings. The summed E-state index contributed by atoms with van der Waals surface area (Å²) >= 11 is 0. The molecule has 0 amide bonds. The maximum Gasteiger partial charge on any atom is 0.395 e. The second-order valence-electron chi connectivity index (χ2n) is 5.20. The van der Waals surface area contributed by atoms with Crippen LogP contribution in [0.2, 0.25) is 0 Å². The van der Waals surface area contributed by atoms with E-state index in [4.69, 9.17) is 4.74 Å². The average Bonchev–Trinajstić information content (AvgIpc) is 2.41. The van der Waals surface area contributed by atoms with Gasteiger partial charge >= 0.3 is 12.1 Å². The molecule has 0 spiro atoms. The molecule has 0 aliphatic rings. The Morgan fingerprint density at radius 3 is 1.95 bits per heavy atom. The number of unbranched alkanes of at least 4 members (excludes halogenated alkanes) is 2. The van der Waals surface area contributed by atoms with Crippen molar-refractivity contribution in [2.45, 2.75) is 77.4 Å². The van der Waals surface area contributed by atoms with E-state index >= 15 is 0 Å². The van der Waals surface area contributed by atoms with Crippen LogP contribution in [0.4, 0.5) is 13.2 Å². The fourth-order valence-corrected chi connectivity index (χ4v) is 2.16. The van der Waals surface area contributed by atoms with Gasteiger partial charge in [-0.05, 0) is 32.1 Å². The van der Waals surface area contributed by atoms with Gasteiger partial charge in [0.15, 0.2) is 0 Å². The molecule has 0 bridgehead atoms. The van der Waals surface area contributed by atoms with Gasteiger partial charge < -0.3 is 9.47 Å². The van der Waals surface area contributed by atoms with Crippen LogP contribution in [0.15, 0.2) is 0 Å². The molecule has 0 aromatic carbocycles. The number of ether oxygens (including phenoxy) is 2. The first-order valence-electron chi connectivity index (χ1n) is 7.62. The quantitative estimate of drug-likeness (QED) is 0.389. The summed E-state index contributed by atoms with van der Waals surface area (Å²) in [7, 11) is 0. The van der Waals surface area contributed by atoms with E-state index in [2.05, 4.69) is 4.74 Å². The Labute approximate surface area is 125 Å². The Kier molecular flexibility index (Phi) is 9.66. The molecule has 0 radical (unpaired) electrons. The highest BCUT2D eigenvalue weighted by atomic mass is 19.3. The van der Waals surface area contributed by atoms with E-state index in [1.165, 1.54) is 0 Å². The zero-order valence-corrected chi connectivity index (χ0v) is 13.2. The Bertz CT molecular complexity index is 288. The van der Waals surface area contributed by atoms with Crippen LogP contribution in [-0.2, 0) is 14.3 Å². The highest BCUT2D eigenvalue weighted by Gasteiger charge is 2.57. The lowest BCUT2D eigenvalue weighted by atomic mass is 9.89. The molecule has 126 valence electrons. The maximum absolute atomic E-state index is 14.5. The van der Waals surface area contributed by atoms with Crippen LogP contribution in [0, 0.1) is 0 Å². The van der Waals surface area contributed by atoms with Crippen LogP contribution in [0.25, 0.3) is 0 Å². The van der Waals surface area contributed by atoms with Gasteiger partial charge in [-0.15, -0.1) is 0 Å². The minimum atomic E-state index is -3.61. The van der Waals surface area contributed by atoms with E-state index in [0.717, 1.165) is 6.92 Å². The zero-order chi connectivity index (χ0) is 16.4. The van der Waals surface area contributed by atoms with Crippen LogP contribution in [0.5, 0.6) is 0 Å². The summed E-state index contributed by atoms with van der Waals surface area (Å²) in [5.74, 6) is -0.754. The number of esters is 1. The summed E-state index contributed by atoms with van der Waals surface area (Å²) in [6.45, 7) is 3.75. The first-order valence-corrected chi connectivity index (χ1v) is 7.62. The van der Waals surface area contributed by atoms with Gasteiger partial charge in [0.05, 0.1) is 13.3 Å². The largest absolute Gasteiger partial charge is 0.450 e. The molecule has 0 saturated carbocycles. The summed E-state index contributed by atoms with van der Waals surface area (Å²) < 4.78 is 50.6. The summed E-state index contributed by atoms with van der Waals surface area (Å²) in [6.07, 6.45) is -1.24. The first kappa shape index (κ1) is 20.2.